The second-order valence-corrected chi connectivity index (χ2v) is 5.08. The molecule has 0 bridgehead atoms. The molecule has 1 unspecified atom stereocenters. The van der Waals surface area contributed by atoms with Gasteiger partial charge in [0.2, 0.25) is 0 Å². The Morgan fingerprint density at radius 1 is 1.47 bits per heavy atom. The monoisotopic (exact) mass is 257 g/mol. The van der Waals surface area contributed by atoms with Crippen LogP contribution in [-0.2, 0) is 6.54 Å². The summed E-state index contributed by atoms with van der Waals surface area (Å²) in [6.07, 6.45) is 1.02. The van der Waals surface area contributed by atoms with Crippen LogP contribution in [0.1, 0.15) is 12.0 Å². The summed E-state index contributed by atoms with van der Waals surface area (Å²) < 4.78 is 1.25. The number of hydrogen-bond donors (Lipinski definition) is 1. The number of hydrogen-bond acceptors (Lipinski definition) is 3. The van der Waals surface area contributed by atoms with E-state index < -0.39 is 5.69 Å². The number of H-pyrrole nitrogens is 1. The minimum atomic E-state index is -0.417. The van der Waals surface area contributed by atoms with Gasteiger partial charge in [-0.15, -0.1) is 0 Å². The van der Waals surface area contributed by atoms with Gasteiger partial charge < -0.3 is 4.90 Å². The fourth-order valence-corrected chi connectivity index (χ4v) is 2.40. The van der Waals surface area contributed by atoms with Crippen molar-refractivity contribution in [3.05, 3.63) is 31.6 Å². The van der Waals surface area contributed by atoms with Gasteiger partial charge in [-0.3, -0.25) is 14.3 Å². The van der Waals surface area contributed by atoms with Gasteiger partial charge in [0.05, 0.1) is 0 Å². The zero-order valence-corrected chi connectivity index (χ0v) is 10.8. The van der Waals surface area contributed by atoms with Crippen molar-refractivity contribution >= 4 is 11.6 Å². The van der Waals surface area contributed by atoms with Crippen LogP contribution in [0.5, 0.6) is 0 Å². The summed E-state index contributed by atoms with van der Waals surface area (Å²) in [5.41, 5.74) is -0.300. The van der Waals surface area contributed by atoms with E-state index in [1.165, 1.54) is 4.57 Å². The van der Waals surface area contributed by atoms with E-state index in [0.29, 0.717) is 18.0 Å². The maximum atomic E-state index is 11.9. The Bertz CT molecular complexity index is 534. The molecule has 1 aliphatic heterocycles. The fraction of sp³-hybridized carbons (Fsp3) is 0.636. The van der Waals surface area contributed by atoms with Gasteiger partial charge in [-0.05, 0) is 32.9 Å². The number of aromatic nitrogens is 2. The SMILES string of the molecule is Cc1c(Cl)[nH]c(=O)n(CC2CCN(C)C2)c1=O. The van der Waals surface area contributed by atoms with Crippen LogP contribution in [0.25, 0.3) is 0 Å². The van der Waals surface area contributed by atoms with Crippen LogP contribution in [0.2, 0.25) is 5.15 Å². The van der Waals surface area contributed by atoms with Crippen LogP contribution in [0, 0.1) is 12.8 Å². The average Bonchev–Trinajstić information content (AvgIpc) is 2.67. The highest BCUT2D eigenvalue weighted by Crippen LogP contribution is 2.15. The Hall–Kier alpha value is -1.07. The molecule has 0 aromatic carbocycles. The molecule has 0 aliphatic carbocycles. The lowest BCUT2D eigenvalue weighted by Crippen LogP contribution is -2.38. The maximum Gasteiger partial charge on any atom is 0.329 e. The quantitative estimate of drug-likeness (QED) is 0.783. The normalized spacial score (nSPS) is 21.0. The molecule has 0 radical (unpaired) electrons. The molecule has 0 amide bonds. The predicted molar refractivity (Wildman–Crippen MR) is 66.7 cm³/mol. The predicted octanol–water partition coefficient (Wildman–Crippen LogP) is 0.450. The van der Waals surface area contributed by atoms with Crippen molar-refractivity contribution in [3.63, 3.8) is 0 Å². The summed E-state index contributed by atoms with van der Waals surface area (Å²) in [6.45, 7) is 4.03. The average molecular weight is 258 g/mol. The van der Waals surface area contributed by atoms with Crippen molar-refractivity contribution in [2.45, 2.75) is 19.9 Å². The van der Waals surface area contributed by atoms with Crippen molar-refractivity contribution in [2.75, 3.05) is 20.1 Å². The summed E-state index contributed by atoms with van der Waals surface area (Å²) in [4.78, 5) is 28.3. The van der Waals surface area contributed by atoms with Gasteiger partial charge in [0, 0.05) is 18.7 Å². The number of halogens is 1. The number of nitrogens with zero attached hydrogens (tertiary/aromatic N) is 2. The Balaban J connectivity index is 2.31. The molecule has 17 heavy (non-hydrogen) atoms. The van der Waals surface area contributed by atoms with Crippen molar-refractivity contribution in [1.82, 2.24) is 14.5 Å². The van der Waals surface area contributed by atoms with E-state index in [4.69, 9.17) is 11.6 Å². The van der Waals surface area contributed by atoms with E-state index in [0.717, 1.165) is 19.5 Å². The molecule has 2 heterocycles. The molecule has 2 rings (SSSR count). The second-order valence-electron chi connectivity index (χ2n) is 4.70. The molecule has 1 aromatic heterocycles. The first-order chi connectivity index (χ1) is 7.99. The first-order valence-corrected chi connectivity index (χ1v) is 6.04. The molecular formula is C11H16ClN3O2. The van der Waals surface area contributed by atoms with E-state index >= 15 is 0 Å². The summed E-state index contributed by atoms with van der Waals surface area (Å²) >= 11 is 5.75. The molecular weight excluding hydrogens is 242 g/mol. The van der Waals surface area contributed by atoms with Crippen LogP contribution in [0.15, 0.2) is 9.59 Å². The lowest BCUT2D eigenvalue weighted by molar-refractivity contribution is 0.372. The molecule has 0 spiro atoms. The number of nitrogens with one attached hydrogen (secondary N) is 1. The van der Waals surface area contributed by atoms with E-state index in [-0.39, 0.29) is 10.7 Å². The van der Waals surface area contributed by atoms with Crippen LogP contribution in [0.4, 0.5) is 0 Å². The van der Waals surface area contributed by atoms with Crippen LogP contribution < -0.4 is 11.2 Å². The van der Waals surface area contributed by atoms with Gasteiger partial charge in [-0.25, -0.2) is 4.79 Å². The Morgan fingerprint density at radius 3 is 2.76 bits per heavy atom. The third kappa shape index (κ3) is 2.45. The number of likely N-dealkylation sites (tertiary alicyclic amines) is 1. The van der Waals surface area contributed by atoms with Gasteiger partial charge in [0.25, 0.3) is 5.56 Å². The van der Waals surface area contributed by atoms with Gasteiger partial charge in [-0.2, -0.15) is 0 Å². The minimum Gasteiger partial charge on any atom is -0.306 e. The van der Waals surface area contributed by atoms with Gasteiger partial charge in [-0.1, -0.05) is 11.6 Å². The maximum absolute atomic E-state index is 11.9. The molecule has 6 heteroatoms. The highest BCUT2D eigenvalue weighted by atomic mass is 35.5. The molecule has 94 valence electrons. The van der Waals surface area contributed by atoms with Crippen LogP contribution >= 0.6 is 11.6 Å². The Labute approximate surface area is 104 Å². The number of aromatic amines is 1. The first kappa shape index (κ1) is 12.4. The topological polar surface area (TPSA) is 58.1 Å². The van der Waals surface area contributed by atoms with Crippen molar-refractivity contribution < 1.29 is 0 Å². The van der Waals surface area contributed by atoms with E-state index in [1.54, 1.807) is 6.92 Å². The Morgan fingerprint density at radius 2 is 2.18 bits per heavy atom. The highest BCUT2D eigenvalue weighted by molar-refractivity contribution is 6.30. The largest absolute Gasteiger partial charge is 0.329 e. The fourth-order valence-electron chi connectivity index (χ4n) is 2.24. The summed E-state index contributed by atoms with van der Waals surface area (Å²) in [5.74, 6) is 0.361. The molecule has 1 aromatic rings. The molecule has 0 saturated carbocycles. The molecule has 1 saturated heterocycles. The summed E-state index contributed by atoms with van der Waals surface area (Å²) in [5, 5.41) is 0.139. The molecule has 5 nitrogen and oxygen atoms in total. The highest BCUT2D eigenvalue weighted by Gasteiger charge is 2.21. The third-order valence-electron chi connectivity index (χ3n) is 3.29. The third-order valence-corrected chi connectivity index (χ3v) is 3.66. The standard InChI is InChI=1S/C11H16ClN3O2/c1-7-9(12)13-11(17)15(10(7)16)6-8-3-4-14(2)5-8/h8H,3-6H2,1-2H3,(H,13,17). The smallest absolute Gasteiger partial charge is 0.306 e. The van der Waals surface area contributed by atoms with Crippen molar-refractivity contribution in [3.8, 4) is 0 Å². The van der Waals surface area contributed by atoms with E-state index in [2.05, 4.69) is 9.88 Å². The summed E-state index contributed by atoms with van der Waals surface area (Å²) in [6, 6.07) is 0. The molecule has 1 fully saturated rings. The van der Waals surface area contributed by atoms with E-state index in [1.807, 2.05) is 7.05 Å². The molecule has 1 aliphatic rings. The van der Waals surface area contributed by atoms with Crippen LogP contribution in [0.3, 0.4) is 0 Å². The minimum absolute atomic E-state index is 0.139. The number of rotatable bonds is 2. The van der Waals surface area contributed by atoms with Gasteiger partial charge in [0.1, 0.15) is 5.15 Å². The second kappa shape index (κ2) is 4.66. The molecule has 1 atom stereocenters. The van der Waals surface area contributed by atoms with Crippen molar-refractivity contribution in [1.29, 1.82) is 0 Å². The van der Waals surface area contributed by atoms with E-state index in [9.17, 15) is 9.59 Å². The Kier molecular flexibility index (Phi) is 3.40. The van der Waals surface area contributed by atoms with Gasteiger partial charge >= 0.3 is 5.69 Å². The lowest BCUT2D eigenvalue weighted by Gasteiger charge is -2.12. The van der Waals surface area contributed by atoms with Crippen molar-refractivity contribution in [2.24, 2.45) is 5.92 Å². The molecule has 1 N–H and O–H groups in total. The zero-order chi connectivity index (χ0) is 12.6. The zero-order valence-electron chi connectivity index (χ0n) is 9.99. The first-order valence-electron chi connectivity index (χ1n) is 5.67. The van der Waals surface area contributed by atoms with Gasteiger partial charge in [0.15, 0.2) is 0 Å². The summed E-state index contributed by atoms with van der Waals surface area (Å²) in [7, 11) is 2.04. The van der Waals surface area contributed by atoms with Crippen LogP contribution in [-0.4, -0.2) is 34.6 Å². The lowest BCUT2D eigenvalue weighted by atomic mass is 10.1.